The lowest BCUT2D eigenvalue weighted by Crippen LogP contribution is -2.54. The second kappa shape index (κ2) is 10.5. The molecule has 0 aliphatic carbocycles. The van der Waals surface area contributed by atoms with Gasteiger partial charge in [0.25, 0.3) is 11.8 Å². The van der Waals surface area contributed by atoms with E-state index in [1.54, 1.807) is 25.1 Å². The standard InChI is InChI=1S/C21H15BrCl2N2O6S/c1-2-31-15-7-10(12(22)8-16(15)32-9-17(27)28)6-11-19(29)25-21(33)26(20(11)30)14-5-3-4-13(23)18(14)24/h3-8H,2,9H2,1H3,(H,27,28)(H,25,29,33)/b11-6+. The molecule has 2 aromatic carbocycles. The largest absolute Gasteiger partial charge is 0.490 e. The molecule has 0 radical (unpaired) electrons. The van der Waals surface area contributed by atoms with E-state index in [1.807, 2.05) is 0 Å². The van der Waals surface area contributed by atoms with Gasteiger partial charge in [0.1, 0.15) is 5.57 Å². The Bertz CT molecular complexity index is 1200. The van der Waals surface area contributed by atoms with Gasteiger partial charge in [0.15, 0.2) is 23.2 Å². The van der Waals surface area contributed by atoms with Crippen LogP contribution in [-0.4, -0.2) is 41.2 Å². The van der Waals surface area contributed by atoms with Gasteiger partial charge in [-0.1, -0.05) is 45.2 Å². The smallest absolute Gasteiger partial charge is 0.341 e. The minimum absolute atomic E-state index is 0.102. The third-order valence-corrected chi connectivity index (χ3v) is 6.07. The molecule has 3 rings (SSSR count). The van der Waals surface area contributed by atoms with Gasteiger partial charge in [-0.2, -0.15) is 0 Å². The van der Waals surface area contributed by atoms with E-state index in [1.165, 1.54) is 18.2 Å². The van der Waals surface area contributed by atoms with E-state index in [0.717, 1.165) is 4.90 Å². The molecule has 8 nitrogen and oxygen atoms in total. The number of hydrogen-bond donors (Lipinski definition) is 2. The van der Waals surface area contributed by atoms with Gasteiger partial charge in [0.2, 0.25) is 0 Å². The summed E-state index contributed by atoms with van der Waals surface area (Å²) in [4.78, 5) is 37.8. The predicted octanol–water partition coefficient (Wildman–Crippen LogP) is 4.45. The lowest BCUT2D eigenvalue weighted by atomic mass is 10.1. The highest BCUT2D eigenvalue weighted by atomic mass is 79.9. The van der Waals surface area contributed by atoms with Crippen molar-refractivity contribution in [2.24, 2.45) is 0 Å². The van der Waals surface area contributed by atoms with E-state index >= 15 is 0 Å². The van der Waals surface area contributed by atoms with Crippen LogP contribution >= 0.6 is 51.3 Å². The maximum absolute atomic E-state index is 13.3. The number of ether oxygens (including phenoxy) is 2. The van der Waals surface area contributed by atoms with Crippen molar-refractivity contribution < 1.29 is 29.0 Å². The Morgan fingerprint density at radius 2 is 1.94 bits per heavy atom. The van der Waals surface area contributed by atoms with Crippen molar-refractivity contribution in [3.63, 3.8) is 0 Å². The van der Waals surface area contributed by atoms with Gasteiger partial charge in [-0.15, -0.1) is 0 Å². The molecule has 12 heteroatoms. The average Bonchev–Trinajstić information content (AvgIpc) is 2.74. The van der Waals surface area contributed by atoms with Gasteiger partial charge in [0, 0.05) is 4.47 Å². The Kier molecular flexibility index (Phi) is 7.96. The third-order valence-electron chi connectivity index (χ3n) is 4.29. The van der Waals surface area contributed by atoms with Crippen molar-refractivity contribution >= 4 is 86.0 Å². The van der Waals surface area contributed by atoms with Gasteiger partial charge in [-0.3, -0.25) is 19.8 Å². The summed E-state index contributed by atoms with van der Waals surface area (Å²) < 4.78 is 11.2. The fourth-order valence-corrected chi connectivity index (χ4v) is 3.97. The Balaban J connectivity index is 2.05. The fraction of sp³-hybridized carbons (Fsp3) is 0.143. The minimum atomic E-state index is -1.15. The summed E-state index contributed by atoms with van der Waals surface area (Å²) >= 11 is 20.9. The molecule has 1 aliphatic rings. The molecule has 2 aromatic rings. The summed E-state index contributed by atoms with van der Waals surface area (Å²) in [5.41, 5.74) is 0.406. The number of aliphatic carboxylic acids is 1. The molecular formula is C21H15BrCl2N2O6S. The monoisotopic (exact) mass is 572 g/mol. The molecule has 33 heavy (non-hydrogen) atoms. The predicted molar refractivity (Wildman–Crippen MR) is 131 cm³/mol. The van der Waals surface area contributed by atoms with E-state index < -0.39 is 24.4 Å². The quantitative estimate of drug-likeness (QED) is 0.286. The number of amides is 2. The highest BCUT2D eigenvalue weighted by Gasteiger charge is 2.36. The zero-order chi connectivity index (χ0) is 24.3. The number of halogens is 3. The summed E-state index contributed by atoms with van der Waals surface area (Å²) in [6.45, 7) is 1.45. The highest BCUT2D eigenvalue weighted by molar-refractivity contribution is 9.10. The molecule has 0 unspecified atom stereocenters. The molecule has 1 saturated heterocycles. The van der Waals surface area contributed by atoms with E-state index in [0.29, 0.717) is 10.0 Å². The van der Waals surface area contributed by atoms with Crippen LogP contribution in [0.25, 0.3) is 6.08 Å². The second-order valence-electron chi connectivity index (χ2n) is 6.47. The molecule has 0 spiro atoms. The number of benzene rings is 2. The molecular weight excluding hydrogens is 559 g/mol. The van der Waals surface area contributed by atoms with Crippen molar-refractivity contribution in [3.8, 4) is 11.5 Å². The van der Waals surface area contributed by atoms with E-state index in [4.69, 9.17) is 50.0 Å². The summed E-state index contributed by atoms with van der Waals surface area (Å²) in [5, 5.41) is 11.5. The number of carboxylic acids is 1. The van der Waals surface area contributed by atoms with Crippen LogP contribution in [-0.2, 0) is 14.4 Å². The average molecular weight is 574 g/mol. The SMILES string of the molecule is CCOc1cc(/C=C2\C(=O)NC(=S)N(c3cccc(Cl)c3Cl)C2=O)c(Br)cc1OCC(=O)O. The Labute approximate surface area is 212 Å². The number of rotatable bonds is 7. The zero-order valence-electron chi connectivity index (χ0n) is 16.9. The Morgan fingerprint density at radius 3 is 2.61 bits per heavy atom. The molecule has 0 saturated carbocycles. The lowest BCUT2D eigenvalue weighted by Gasteiger charge is -2.29. The molecule has 0 aromatic heterocycles. The molecule has 0 bridgehead atoms. The number of carboxylic acid groups (broad SMARTS) is 1. The first-order valence-electron chi connectivity index (χ1n) is 9.30. The summed E-state index contributed by atoms with van der Waals surface area (Å²) in [5.74, 6) is -2.14. The van der Waals surface area contributed by atoms with Gasteiger partial charge in [-0.05, 0) is 55.0 Å². The number of anilines is 1. The van der Waals surface area contributed by atoms with E-state index in [-0.39, 0.29) is 44.5 Å². The van der Waals surface area contributed by atoms with Gasteiger partial charge in [0.05, 0.1) is 22.3 Å². The van der Waals surface area contributed by atoms with E-state index in [2.05, 4.69) is 21.2 Å². The zero-order valence-corrected chi connectivity index (χ0v) is 20.8. The molecule has 1 aliphatic heterocycles. The fourth-order valence-electron chi connectivity index (χ4n) is 2.88. The van der Waals surface area contributed by atoms with Crippen LogP contribution in [0.5, 0.6) is 11.5 Å². The van der Waals surface area contributed by atoms with Crippen LogP contribution in [0, 0.1) is 0 Å². The summed E-state index contributed by atoms with van der Waals surface area (Å²) in [6, 6.07) is 7.70. The van der Waals surface area contributed by atoms with Crippen LogP contribution in [0.1, 0.15) is 12.5 Å². The number of thiocarbonyl (C=S) groups is 1. The topological polar surface area (TPSA) is 105 Å². The van der Waals surface area contributed by atoms with Crippen LogP contribution in [0.2, 0.25) is 10.0 Å². The van der Waals surface area contributed by atoms with Crippen molar-refractivity contribution in [2.45, 2.75) is 6.92 Å². The van der Waals surface area contributed by atoms with Crippen LogP contribution < -0.4 is 19.7 Å². The first-order chi connectivity index (χ1) is 15.6. The van der Waals surface area contributed by atoms with Gasteiger partial charge < -0.3 is 14.6 Å². The summed E-state index contributed by atoms with van der Waals surface area (Å²) in [6.07, 6.45) is 1.35. The summed E-state index contributed by atoms with van der Waals surface area (Å²) in [7, 11) is 0. The normalized spacial score (nSPS) is 15.0. The molecule has 1 heterocycles. The van der Waals surface area contributed by atoms with Gasteiger partial charge >= 0.3 is 5.97 Å². The van der Waals surface area contributed by atoms with Gasteiger partial charge in [-0.25, -0.2) is 4.79 Å². The second-order valence-corrected chi connectivity index (χ2v) is 8.49. The van der Waals surface area contributed by atoms with Crippen molar-refractivity contribution in [1.82, 2.24) is 5.32 Å². The highest BCUT2D eigenvalue weighted by Crippen LogP contribution is 2.37. The number of hydrogen-bond acceptors (Lipinski definition) is 6. The number of carbonyl (C=O) groups excluding carboxylic acids is 2. The number of nitrogens with one attached hydrogen (secondary N) is 1. The number of nitrogens with zero attached hydrogens (tertiary/aromatic N) is 1. The molecule has 0 atom stereocenters. The molecule has 1 fully saturated rings. The molecule has 2 amide bonds. The third kappa shape index (κ3) is 5.47. The van der Waals surface area contributed by atoms with Crippen LogP contribution in [0.4, 0.5) is 5.69 Å². The van der Waals surface area contributed by atoms with E-state index in [9.17, 15) is 14.4 Å². The Hall–Kier alpha value is -2.66. The Morgan fingerprint density at radius 1 is 1.24 bits per heavy atom. The maximum Gasteiger partial charge on any atom is 0.341 e. The van der Waals surface area contributed by atoms with Crippen molar-refractivity contribution in [1.29, 1.82) is 0 Å². The van der Waals surface area contributed by atoms with Crippen LogP contribution in [0.15, 0.2) is 40.4 Å². The number of carbonyl (C=O) groups is 3. The first kappa shape index (κ1) is 25.0. The lowest BCUT2D eigenvalue weighted by molar-refractivity contribution is -0.139. The molecule has 172 valence electrons. The maximum atomic E-state index is 13.3. The first-order valence-corrected chi connectivity index (χ1v) is 11.3. The van der Waals surface area contributed by atoms with Crippen molar-refractivity contribution in [3.05, 3.63) is 56.0 Å². The molecule has 2 N–H and O–H groups in total. The van der Waals surface area contributed by atoms with Crippen molar-refractivity contribution in [2.75, 3.05) is 18.1 Å². The van der Waals surface area contributed by atoms with Crippen LogP contribution in [0.3, 0.4) is 0 Å². The minimum Gasteiger partial charge on any atom is -0.490 e.